The molecular formula is C12H10ClN3. The number of hydrogen-bond donors (Lipinski definition) is 1. The Hall–Kier alpha value is -1.79. The molecule has 0 bridgehead atoms. The largest absolute Gasteiger partial charge is 0.343 e. The van der Waals surface area contributed by atoms with Crippen LogP contribution in [0.2, 0.25) is 5.02 Å². The van der Waals surface area contributed by atoms with E-state index in [0.717, 1.165) is 29.2 Å². The summed E-state index contributed by atoms with van der Waals surface area (Å²) in [6, 6.07) is 7.49. The number of nitriles is 1. The van der Waals surface area contributed by atoms with Crippen LogP contribution in [0.1, 0.15) is 18.9 Å². The molecule has 0 aliphatic carbocycles. The summed E-state index contributed by atoms with van der Waals surface area (Å²) >= 11 is 5.92. The Bertz CT molecular complexity index is 524. The van der Waals surface area contributed by atoms with Gasteiger partial charge in [-0.15, -0.1) is 0 Å². The van der Waals surface area contributed by atoms with Gasteiger partial charge in [0.25, 0.3) is 0 Å². The maximum absolute atomic E-state index is 8.73. The highest BCUT2D eigenvalue weighted by atomic mass is 35.5. The zero-order chi connectivity index (χ0) is 11.5. The third kappa shape index (κ3) is 1.93. The van der Waals surface area contributed by atoms with E-state index in [1.54, 1.807) is 12.1 Å². The molecule has 16 heavy (non-hydrogen) atoms. The first-order valence-corrected chi connectivity index (χ1v) is 5.36. The van der Waals surface area contributed by atoms with Crippen LogP contribution in [0.5, 0.6) is 0 Å². The van der Waals surface area contributed by atoms with Gasteiger partial charge in [0.1, 0.15) is 5.84 Å². The molecule has 0 spiro atoms. The van der Waals surface area contributed by atoms with Crippen LogP contribution in [-0.4, -0.2) is 5.84 Å². The minimum absolute atomic E-state index is 0.649. The predicted octanol–water partition coefficient (Wildman–Crippen LogP) is 3.25. The van der Waals surface area contributed by atoms with Crippen molar-refractivity contribution in [2.24, 2.45) is 4.99 Å². The number of aliphatic imine (C=N–C) groups is 1. The van der Waals surface area contributed by atoms with Gasteiger partial charge in [-0.25, -0.2) is 4.99 Å². The second-order valence-corrected chi connectivity index (χ2v) is 3.82. The minimum Gasteiger partial charge on any atom is -0.343 e. The first-order chi connectivity index (χ1) is 7.74. The molecule has 0 fully saturated rings. The highest BCUT2D eigenvalue weighted by Crippen LogP contribution is 2.31. The average Bonchev–Trinajstić information content (AvgIpc) is 2.28. The van der Waals surface area contributed by atoms with Gasteiger partial charge in [0, 0.05) is 23.1 Å². The van der Waals surface area contributed by atoms with Crippen molar-refractivity contribution < 1.29 is 0 Å². The maximum atomic E-state index is 8.73. The molecule has 1 aliphatic heterocycles. The second-order valence-electron chi connectivity index (χ2n) is 3.39. The number of hydrogen-bond acceptors (Lipinski definition) is 3. The zero-order valence-electron chi connectivity index (χ0n) is 8.79. The molecule has 0 unspecified atom stereocenters. The highest BCUT2D eigenvalue weighted by Gasteiger charge is 2.15. The monoisotopic (exact) mass is 231 g/mol. The van der Waals surface area contributed by atoms with Gasteiger partial charge < -0.3 is 5.32 Å². The molecule has 0 amide bonds. The summed E-state index contributed by atoms with van der Waals surface area (Å²) in [5.74, 6) is 0.844. The van der Waals surface area contributed by atoms with Gasteiger partial charge in [-0.3, -0.25) is 0 Å². The summed E-state index contributed by atoms with van der Waals surface area (Å²) in [5, 5.41) is 12.5. The smallest absolute Gasteiger partial charge is 0.106 e. The van der Waals surface area contributed by atoms with E-state index in [2.05, 4.69) is 10.3 Å². The van der Waals surface area contributed by atoms with Crippen LogP contribution in [0.3, 0.4) is 0 Å². The van der Waals surface area contributed by atoms with E-state index >= 15 is 0 Å². The molecule has 80 valence electrons. The fraction of sp³-hybridized carbons (Fsp3) is 0.167. The second kappa shape index (κ2) is 4.38. The molecule has 0 aromatic heterocycles. The third-order valence-corrected chi connectivity index (χ3v) is 2.56. The summed E-state index contributed by atoms with van der Waals surface area (Å²) in [5.41, 5.74) is 2.49. The van der Waals surface area contributed by atoms with E-state index in [-0.39, 0.29) is 0 Å². The van der Waals surface area contributed by atoms with Crippen LogP contribution in [0.15, 0.2) is 29.3 Å². The Morgan fingerprint density at radius 3 is 3.06 bits per heavy atom. The van der Waals surface area contributed by atoms with Crippen LogP contribution in [-0.2, 0) is 0 Å². The van der Waals surface area contributed by atoms with Crippen molar-refractivity contribution in [2.45, 2.75) is 13.3 Å². The van der Waals surface area contributed by atoms with Crippen LogP contribution < -0.4 is 5.32 Å². The van der Waals surface area contributed by atoms with Gasteiger partial charge in [-0.05, 0) is 18.2 Å². The van der Waals surface area contributed by atoms with Crippen LogP contribution in [0.4, 0.5) is 5.69 Å². The van der Waals surface area contributed by atoms with Gasteiger partial charge in [0.2, 0.25) is 0 Å². The summed E-state index contributed by atoms with van der Waals surface area (Å²) < 4.78 is 0. The highest BCUT2D eigenvalue weighted by molar-refractivity contribution is 6.31. The number of allylic oxidation sites excluding steroid dienone is 1. The van der Waals surface area contributed by atoms with Crippen molar-refractivity contribution in [2.75, 3.05) is 0 Å². The predicted molar refractivity (Wildman–Crippen MR) is 65.6 cm³/mol. The lowest BCUT2D eigenvalue weighted by Crippen LogP contribution is -2.24. The zero-order valence-corrected chi connectivity index (χ0v) is 9.54. The van der Waals surface area contributed by atoms with Crippen molar-refractivity contribution in [1.29, 1.82) is 5.26 Å². The van der Waals surface area contributed by atoms with E-state index in [0.29, 0.717) is 5.02 Å². The van der Waals surface area contributed by atoms with Crippen molar-refractivity contribution >= 4 is 28.8 Å². The first kappa shape index (κ1) is 10.7. The van der Waals surface area contributed by atoms with Crippen LogP contribution >= 0.6 is 11.6 Å². The summed E-state index contributed by atoms with van der Waals surface area (Å²) in [6.45, 7) is 2.01. The normalized spacial score (nSPS) is 16.1. The standard InChI is InChI=1S/C12H10ClN3/c1-2-12-15-10(5-6-14)9-4-3-8(13)7-11(9)16-12/h3-5,7H,2H2,1H3,(H,15,16)/b10-5-. The molecule has 4 heteroatoms. The van der Waals surface area contributed by atoms with E-state index in [1.807, 2.05) is 19.1 Å². The average molecular weight is 232 g/mol. The Kier molecular flexibility index (Phi) is 2.93. The third-order valence-electron chi connectivity index (χ3n) is 2.33. The van der Waals surface area contributed by atoms with Gasteiger partial charge in [0.05, 0.1) is 17.5 Å². The molecular weight excluding hydrogens is 222 g/mol. The number of benzene rings is 1. The van der Waals surface area contributed by atoms with E-state index in [1.165, 1.54) is 6.08 Å². The van der Waals surface area contributed by atoms with E-state index in [4.69, 9.17) is 16.9 Å². The molecule has 1 heterocycles. The lowest BCUT2D eigenvalue weighted by molar-refractivity contribution is 1.12. The van der Waals surface area contributed by atoms with Crippen molar-refractivity contribution in [3.63, 3.8) is 0 Å². The summed E-state index contributed by atoms with van der Waals surface area (Å²) in [7, 11) is 0. The van der Waals surface area contributed by atoms with Crippen LogP contribution in [0.25, 0.3) is 5.70 Å². The molecule has 1 aromatic rings. The van der Waals surface area contributed by atoms with Gasteiger partial charge in [-0.2, -0.15) is 5.26 Å². The topological polar surface area (TPSA) is 48.2 Å². The molecule has 3 nitrogen and oxygen atoms in total. The number of nitrogens with one attached hydrogen (secondary N) is 1. The Balaban J connectivity index is 2.58. The fourth-order valence-corrected chi connectivity index (χ4v) is 1.73. The molecule has 1 aliphatic rings. The van der Waals surface area contributed by atoms with Crippen LogP contribution in [0, 0.1) is 11.3 Å². The Labute approximate surface area is 99.1 Å². The van der Waals surface area contributed by atoms with Crippen molar-refractivity contribution in [3.05, 3.63) is 34.9 Å². The van der Waals surface area contributed by atoms with Crippen molar-refractivity contribution in [3.8, 4) is 6.07 Å². The Morgan fingerprint density at radius 2 is 2.38 bits per heavy atom. The first-order valence-electron chi connectivity index (χ1n) is 4.99. The maximum Gasteiger partial charge on any atom is 0.106 e. The van der Waals surface area contributed by atoms with Gasteiger partial charge in [0.15, 0.2) is 0 Å². The van der Waals surface area contributed by atoms with Crippen molar-refractivity contribution in [1.82, 2.24) is 5.32 Å². The SMILES string of the molecule is CCC1=Nc2cc(Cl)ccc2/C(=C/C#N)N1. The summed E-state index contributed by atoms with van der Waals surface area (Å²) in [6.07, 6.45) is 2.27. The summed E-state index contributed by atoms with van der Waals surface area (Å²) in [4.78, 5) is 4.43. The Morgan fingerprint density at radius 1 is 1.56 bits per heavy atom. The number of nitrogens with zero attached hydrogens (tertiary/aromatic N) is 2. The fourth-order valence-electron chi connectivity index (χ4n) is 1.57. The molecule has 0 saturated heterocycles. The molecule has 1 aromatic carbocycles. The lowest BCUT2D eigenvalue weighted by atomic mass is 10.1. The molecule has 0 atom stereocenters. The molecule has 1 N–H and O–H groups in total. The molecule has 2 rings (SSSR count). The minimum atomic E-state index is 0.649. The molecule has 0 saturated carbocycles. The quantitative estimate of drug-likeness (QED) is 0.755. The molecule has 0 radical (unpaired) electrons. The number of rotatable bonds is 1. The van der Waals surface area contributed by atoms with E-state index in [9.17, 15) is 0 Å². The van der Waals surface area contributed by atoms with Gasteiger partial charge >= 0.3 is 0 Å². The number of amidine groups is 1. The number of fused-ring (bicyclic) bond motifs is 1. The number of halogens is 1. The lowest BCUT2D eigenvalue weighted by Gasteiger charge is -2.19. The van der Waals surface area contributed by atoms with E-state index < -0.39 is 0 Å². The van der Waals surface area contributed by atoms with Gasteiger partial charge in [-0.1, -0.05) is 18.5 Å².